The number of aryl methyl sites for hydroxylation is 1. The van der Waals surface area contributed by atoms with Gasteiger partial charge in [0.25, 0.3) is 17.2 Å². The smallest absolute Gasteiger partial charge is 0.264 e. The molecule has 1 atom stereocenters. The van der Waals surface area contributed by atoms with E-state index in [1.165, 1.54) is 0 Å². The maximum atomic E-state index is 11.1. The number of rotatable bonds is 2. The van der Waals surface area contributed by atoms with Gasteiger partial charge in [-0.25, -0.2) is 8.93 Å². The molecule has 0 spiro atoms. The summed E-state index contributed by atoms with van der Waals surface area (Å²) in [5.41, 5.74) is 1.30. The highest BCUT2D eigenvalue weighted by molar-refractivity contribution is 7.77. The first kappa shape index (κ1) is 9.88. The van der Waals surface area contributed by atoms with Crippen molar-refractivity contribution in [2.75, 3.05) is 0 Å². The summed E-state index contributed by atoms with van der Waals surface area (Å²) < 4.78 is 20.5. The van der Waals surface area contributed by atoms with Crippen LogP contribution in [0, 0.1) is 6.92 Å². The third kappa shape index (κ3) is 2.96. The number of carbonyl (C=O) groups is 1. The normalized spacial score (nSPS) is 12.2. The predicted molar refractivity (Wildman–Crippen MR) is 49.4 cm³/mol. The van der Waals surface area contributed by atoms with Gasteiger partial charge in [0.1, 0.15) is 0 Å². The largest absolute Gasteiger partial charge is 0.289 e. The minimum absolute atomic E-state index is 0.377. The van der Waals surface area contributed by atoms with Crippen LogP contribution in [0.4, 0.5) is 0 Å². The van der Waals surface area contributed by atoms with Crippen LogP contribution in [0.3, 0.4) is 0 Å². The van der Waals surface area contributed by atoms with E-state index in [0.717, 1.165) is 5.56 Å². The van der Waals surface area contributed by atoms with E-state index in [2.05, 4.69) is 0 Å². The van der Waals surface area contributed by atoms with E-state index in [1.54, 1.807) is 18.2 Å². The van der Waals surface area contributed by atoms with Gasteiger partial charge in [0, 0.05) is 5.56 Å². The molecule has 2 N–H and O–H groups in total. The Morgan fingerprint density at radius 3 is 2.77 bits per heavy atom. The van der Waals surface area contributed by atoms with Crippen molar-refractivity contribution in [1.29, 1.82) is 0 Å². The molecule has 0 aromatic heterocycles. The lowest BCUT2D eigenvalue weighted by Crippen LogP contribution is -2.24. The highest BCUT2D eigenvalue weighted by Gasteiger charge is 2.06. The van der Waals surface area contributed by atoms with Crippen molar-refractivity contribution >= 4 is 17.2 Å². The van der Waals surface area contributed by atoms with Crippen molar-refractivity contribution in [3.05, 3.63) is 35.4 Å². The minimum Gasteiger partial charge on any atom is -0.289 e. The summed E-state index contributed by atoms with van der Waals surface area (Å²) >= 11 is -2.30. The van der Waals surface area contributed by atoms with E-state index in [0.29, 0.717) is 5.56 Å². The molecule has 0 bridgehead atoms. The van der Waals surface area contributed by atoms with Gasteiger partial charge in [-0.05, 0) is 19.1 Å². The third-order valence-electron chi connectivity index (χ3n) is 1.46. The Balaban J connectivity index is 2.83. The molecular formula is C8H9NO3S. The van der Waals surface area contributed by atoms with Crippen molar-refractivity contribution < 1.29 is 13.6 Å². The molecule has 1 aromatic carbocycles. The Labute approximate surface area is 78.4 Å². The van der Waals surface area contributed by atoms with Crippen LogP contribution in [0.5, 0.6) is 0 Å². The maximum absolute atomic E-state index is 11.1. The molecule has 0 aliphatic heterocycles. The molecule has 1 amide bonds. The second-order valence-corrected chi connectivity index (χ2v) is 3.25. The lowest BCUT2D eigenvalue weighted by atomic mass is 10.1. The first-order valence-corrected chi connectivity index (χ1v) is 4.69. The number of nitrogens with one attached hydrogen (secondary N) is 1. The Bertz CT molecular complexity index is 351. The molecule has 0 aliphatic carbocycles. The van der Waals surface area contributed by atoms with Gasteiger partial charge in [0.05, 0.1) is 0 Å². The van der Waals surface area contributed by atoms with E-state index in [9.17, 15) is 9.00 Å². The summed E-state index contributed by atoms with van der Waals surface area (Å²) in [7, 11) is 0. The molecule has 0 heterocycles. The Morgan fingerprint density at radius 2 is 2.23 bits per heavy atom. The van der Waals surface area contributed by atoms with Gasteiger partial charge in [-0.15, -0.1) is 0 Å². The Kier molecular flexibility index (Phi) is 3.16. The lowest BCUT2D eigenvalue weighted by Gasteiger charge is -2.00. The average Bonchev–Trinajstić information content (AvgIpc) is 2.03. The van der Waals surface area contributed by atoms with E-state index in [-0.39, 0.29) is 0 Å². The van der Waals surface area contributed by atoms with Crippen LogP contribution in [0.1, 0.15) is 15.9 Å². The summed E-state index contributed by atoms with van der Waals surface area (Å²) in [6.45, 7) is 1.84. The van der Waals surface area contributed by atoms with Crippen molar-refractivity contribution in [3.63, 3.8) is 0 Å². The summed E-state index contributed by atoms with van der Waals surface area (Å²) in [5.74, 6) is -0.551. The van der Waals surface area contributed by atoms with Gasteiger partial charge in [-0.3, -0.25) is 9.35 Å². The molecule has 70 valence electrons. The van der Waals surface area contributed by atoms with Gasteiger partial charge in [0.15, 0.2) is 0 Å². The monoisotopic (exact) mass is 199 g/mol. The summed E-state index contributed by atoms with van der Waals surface area (Å²) in [6, 6.07) is 6.77. The molecule has 13 heavy (non-hydrogen) atoms. The standard InChI is InChI=1S/C8H9NO3S/c1-6-3-2-4-7(5-6)8(10)9-13(11)12/h2-5H,1H3,(H,9,10)(H,11,12). The Hall–Kier alpha value is -1.20. The van der Waals surface area contributed by atoms with Crippen LogP contribution in [0.25, 0.3) is 0 Å². The number of amides is 1. The van der Waals surface area contributed by atoms with Gasteiger partial charge >= 0.3 is 0 Å². The first-order chi connectivity index (χ1) is 6.09. The fourth-order valence-electron chi connectivity index (χ4n) is 0.925. The second-order valence-electron chi connectivity index (χ2n) is 2.55. The molecule has 1 rings (SSSR count). The van der Waals surface area contributed by atoms with Gasteiger partial charge in [-0.1, -0.05) is 17.7 Å². The number of hydrogen-bond acceptors (Lipinski definition) is 2. The van der Waals surface area contributed by atoms with E-state index >= 15 is 0 Å². The zero-order chi connectivity index (χ0) is 9.84. The van der Waals surface area contributed by atoms with Crippen LogP contribution in [0.2, 0.25) is 0 Å². The number of carbonyl (C=O) groups excluding carboxylic acids is 1. The number of hydrogen-bond donors (Lipinski definition) is 2. The van der Waals surface area contributed by atoms with E-state index in [1.807, 2.05) is 17.7 Å². The van der Waals surface area contributed by atoms with Gasteiger partial charge in [-0.2, -0.15) is 0 Å². The van der Waals surface area contributed by atoms with E-state index in [4.69, 9.17) is 4.55 Å². The molecule has 0 aliphatic rings. The SMILES string of the molecule is Cc1cccc(C(=O)NS(=O)O)c1. The first-order valence-electron chi connectivity index (χ1n) is 3.58. The van der Waals surface area contributed by atoms with Crippen molar-refractivity contribution in [3.8, 4) is 0 Å². The predicted octanol–water partition coefficient (Wildman–Crippen LogP) is 0.862. The van der Waals surface area contributed by atoms with Crippen molar-refractivity contribution in [1.82, 2.24) is 4.72 Å². The highest BCUT2D eigenvalue weighted by atomic mass is 32.2. The van der Waals surface area contributed by atoms with Crippen LogP contribution in [0.15, 0.2) is 24.3 Å². The van der Waals surface area contributed by atoms with Crippen LogP contribution >= 0.6 is 0 Å². The zero-order valence-electron chi connectivity index (χ0n) is 6.98. The highest BCUT2D eigenvalue weighted by Crippen LogP contribution is 2.03. The molecule has 0 saturated carbocycles. The molecule has 0 fully saturated rings. The lowest BCUT2D eigenvalue weighted by molar-refractivity contribution is 0.0981. The number of benzene rings is 1. The van der Waals surface area contributed by atoms with Crippen molar-refractivity contribution in [2.45, 2.75) is 6.92 Å². The van der Waals surface area contributed by atoms with Crippen molar-refractivity contribution in [2.24, 2.45) is 0 Å². The fourth-order valence-corrected chi connectivity index (χ4v) is 1.20. The topological polar surface area (TPSA) is 66.4 Å². The second kappa shape index (κ2) is 4.15. The zero-order valence-corrected chi connectivity index (χ0v) is 7.80. The molecule has 4 nitrogen and oxygen atoms in total. The summed E-state index contributed by atoms with van der Waals surface area (Å²) in [5, 5.41) is 0. The van der Waals surface area contributed by atoms with E-state index < -0.39 is 17.2 Å². The molecule has 1 aromatic rings. The van der Waals surface area contributed by atoms with Crippen LogP contribution in [-0.4, -0.2) is 14.7 Å². The average molecular weight is 199 g/mol. The summed E-state index contributed by atoms with van der Waals surface area (Å²) in [6.07, 6.45) is 0. The fraction of sp³-hybridized carbons (Fsp3) is 0.125. The van der Waals surface area contributed by atoms with Crippen LogP contribution in [-0.2, 0) is 11.3 Å². The quantitative estimate of drug-likeness (QED) is 0.694. The summed E-state index contributed by atoms with van der Waals surface area (Å²) in [4.78, 5) is 11.1. The minimum atomic E-state index is -2.30. The molecule has 5 heteroatoms. The van der Waals surface area contributed by atoms with Crippen LogP contribution < -0.4 is 4.72 Å². The Morgan fingerprint density at radius 1 is 1.54 bits per heavy atom. The van der Waals surface area contributed by atoms with Gasteiger partial charge < -0.3 is 0 Å². The maximum Gasteiger partial charge on any atom is 0.264 e. The molecule has 1 unspecified atom stereocenters. The molecular weight excluding hydrogens is 190 g/mol. The molecule has 0 saturated heterocycles. The molecule has 0 radical (unpaired) electrons. The van der Waals surface area contributed by atoms with Gasteiger partial charge in [0.2, 0.25) is 0 Å². The third-order valence-corrected chi connectivity index (χ3v) is 1.82.